The van der Waals surface area contributed by atoms with Gasteiger partial charge in [-0.05, 0) is 25.5 Å². The van der Waals surface area contributed by atoms with Gasteiger partial charge in [0, 0.05) is 18.3 Å². The van der Waals surface area contributed by atoms with Crippen LogP contribution in [0.4, 0.5) is 0 Å². The smallest absolute Gasteiger partial charge is 0.209 e. The number of benzene rings is 1. The maximum atomic E-state index is 12.3. The van der Waals surface area contributed by atoms with E-state index >= 15 is 0 Å². The zero-order chi connectivity index (χ0) is 13.7. The third-order valence-electron chi connectivity index (χ3n) is 2.91. The van der Waals surface area contributed by atoms with Gasteiger partial charge in [-0.2, -0.15) is 0 Å². The molecule has 0 aliphatic heterocycles. The Balaban J connectivity index is 0.000000771. The van der Waals surface area contributed by atoms with Gasteiger partial charge in [-0.15, -0.1) is 0 Å². The second-order valence-electron chi connectivity index (χ2n) is 4.07. The van der Waals surface area contributed by atoms with Crippen LogP contribution in [0.2, 0.25) is 0 Å². The Morgan fingerprint density at radius 1 is 1.06 bits per heavy atom. The number of nitrogens with zero attached hydrogens (tertiary/aromatic N) is 1. The molecule has 1 aromatic carbocycles. The number of rotatable bonds is 2. The summed E-state index contributed by atoms with van der Waals surface area (Å²) in [6, 6.07) is 11.4. The van der Waals surface area contributed by atoms with E-state index in [2.05, 4.69) is 0 Å². The van der Waals surface area contributed by atoms with Crippen LogP contribution in [0, 0.1) is 13.8 Å². The lowest BCUT2D eigenvalue weighted by molar-refractivity contribution is 0.103. The van der Waals surface area contributed by atoms with E-state index in [1.54, 1.807) is 0 Å². The monoisotopic (exact) mass is 243 g/mol. The van der Waals surface area contributed by atoms with Gasteiger partial charge in [0.2, 0.25) is 5.78 Å². The first-order valence-corrected chi connectivity index (χ1v) is 6.34. The first-order valence-electron chi connectivity index (χ1n) is 6.34. The van der Waals surface area contributed by atoms with Crippen LogP contribution in [0.3, 0.4) is 0 Å². The Morgan fingerprint density at radius 3 is 2.06 bits per heavy atom. The molecular weight excluding hydrogens is 222 g/mol. The number of hydrogen-bond acceptors (Lipinski definition) is 1. The molecule has 0 bridgehead atoms. The zero-order valence-corrected chi connectivity index (χ0v) is 11.8. The topological polar surface area (TPSA) is 22.0 Å². The van der Waals surface area contributed by atoms with E-state index < -0.39 is 0 Å². The maximum Gasteiger partial charge on any atom is 0.209 e. The van der Waals surface area contributed by atoms with Crippen LogP contribution in [0.5, 0.6) is 0 Å². The van der Waals surface area contributed by atoms with Crippen LogP contribution in [-0.2, 0) is 7.05 Å². The van der Waals surface area contributed by atoms with E-state index in [9.17, 15) is 4.79 Å². The van der Waals surface area contributed by atoms with E-state index in [1.165, 1.54) is 0 Å². The fourth-order valence-electron chi connectivity index (χ4n) is 1.98. The summed E-state index contributed by atoms with van der Waals surface area (Å²) in [5, 5.41) is 0. The third-order valence-corrected chi connectivity index (χ3v) is 2.91. The van der Waals surface area contributed by atoms with Gasteiger partial charge in [0.25, 0.3) is 0 Å². The molecule has 0 spiro atoms. The predicted molar refractivity (Wildman–Crippen MR) is 76.1 cm³/mol. The molecule has 96 valence electrons. The van der Waals surface area contributed by atoms with Crippen LogP contribution in [0.15, 0.2) is 36.4 Å². The third kappa shape index (κ3) is 2.70. The van der Waals surface area contributed by atoms with Crippen molar-refractivity contribution in [3.8, 4) is 0 Å². The van der Waals surface area contributed by atoms with E-state index in [4.69, 9.17) is 0 Å². The van der Waals surface area contributed by atoms with Crippen molar-refractivity contribution in [2.45, 2.75) is 27.7 Å². The standard InChI is InChI=1S/C14H15NO.C2H6/c1-10-9-11(2)15(3)13(10)14(16)12-7-5-4-6-8-12;1-2/h4-9H,1-3H3;1-2H3. The number of carbonyl (C=O) groups is 1. The van der Waals surface area contributed by atoms with Gasteiger partial charge >= 0.3 is 0 Å². The largest absolute Gasteiger partial charge is 0.345 e. The fourth-order valence-corrected chi connectivity index (χ4v) is 1.98. The Morgan fingerprint density at radius 2 is 1.61 bits per heavy atom. The zero-order valence-electron chi connectivity index (χ0n) is 11.8. The molecule has 0 atom stereocenters. The highest BCUT2D eigenvalue weighted by Gasteiger charge is 2.16. The summed E-state index contributed by atoms with van der Waals surface area (Å²) in [6.07, 6.45) is 0. The van der Waals surface area contributed by atoms with Gasteiger partial charge in [-0.3, -0.25) is 4.79 Å². The van der Waals surface area contributed by atoms with E-state index in [-0.39, 0.29) is 5.78 Å². The van der Waals surface area contributed by atoms with Crippen LogP contribution in [0.25, 0.3) is 0 Å². The average molecular weight is 243 g/mol. The quantitative estimate of drug-likeness (QED) is 0.733. The molecular formula is C16H21NO. The van der Waals surface area contributed by atoms with Crippen molar-refractivity contribution in [2.24, 2.45) is 7.05 Å². The number of hydrogen-bond donors (Lipinski definition) is 0. The van der Waals surface area contributed by atoms with Gasteiger partial charge in [-0.1, -0.05) is 44.2 Å². The van der Waals surface area contributed by atoms with Crippen molar-refractivity contribution in [1.82, 2.24) is 4.57 Å². The van der Waals surface area contributed by atoms with Crippen molar-refractivity contribution < 1.29 is 4.79 Å². The van der Waals surface area contributed by atoms with E-state index in [1.807, 2.05) is 75.7 Å². The summed E-state index contributed by atoms with van der Waals surface area (Å²) in [7, 11) is 1.93. The Bertz CT molecular complexity index is 524. The molecule has 1 heterocycles. The minimum absolute atomic E-state index is 0.0914. The highest BCUT2D eigenvalue weighted by molar-refractivity contribution is 6.08. The molecule has 18 heavy (non-hydrogen) atoms. The summed E-state index contributed by atoms with van der Waals surface area (Å²) in [6.45, 7) is 7.98. The molecule has 0 fully saturated rings. The second-order valence-corrected chi connectivity index (χ2v) is 4.07. The summed E-state index contributed by atoms with van der Waals surface area (Å²) in [4.78, 5) is 12.3. The molecule has 2 aromatic rings. The highest BCUT2D eigenvalue weighted by Crippen LogP contribution is 2.17. The number of aromatic nitrogens is 1. The maximum absolute atomic E-state index is 12.3. The van der Waals surface area contributed by atoms with Crippen LogP contribution < -0.4 is 0 Å². The summed E-state index contributed by atoms with van der Waals surface area (Å²) < 4.78 is 1.95. The lowest BCUT2D eigenvalue weighted by Crippen LogP contribution is -2.09. The molecule has 0 N–H and O–H groups in total. The fraction of sp³-hybridized carbons (Fsp3) is 0.312. The van der Waals surface area contributed by atoms with Crippen molar-refractivity contribution in [3.63, 3.8) is 0 Å². The molecule has 1 aromatic heterocycles. The van der Waals surface area contributed by atoms with Crippen LogP contribution in [-0.4, -0.2) is 10.4 Å². The summed E-state index contributed by atoms with van der Waals surface area (Å²) in [5.41, 5.74) is 3.67. The summed E-state index contributed by atoms with van der Waals surface area (Å²) >= 11 is 0. The molecule has 0 radical (unpaired) electrons. The SMILES string of the molecule is CC.Cc1cc(C)n(C)c1C(=O)c1ccccc1. The minimum Gasteiger partial charge on any atom is -0.345 e. The number of ketones is 1. The van der Waals surface area contributed by atoms with Gasteiger partial charge in [-0.25, -0.2) is 0 Å². The second kappa shape index (κ2) is 6.20. The molecule has 0 saturated carbocycles. The van der Waals surface area contributed by atoms with Crippen LogP contribution in [0.1, 0.15) is 41.2 Å². The van der Waals surface area contributed by atoms with Gasteiger partial charge < -0.3 is 4.57 Å². The number of aryl methyl sites for hydroxylation is 2. The Labute approximate surface area is 109 Å². The van der Waals surface area contributed by atoms with Crippen molar-refractivity contribution in [1.29, 1.82) is 0 Å². The molecule has 0 aliphatic rings. The van der Waals surface area contributed by atoms with Gasteiger partial charge in [0.05, 0.1) is 5.69 Å². The lowest BCUT2D eigenvalue weighted by Gasteiger charge is -2.05. The molecule has 0 unspecified atom stereocenters. The van der Waals surface area contributed by atoms with Crippen molar-refractivity contribution >= 4 is 5.78 Å². The molecule has 0 amide bonds. The average Bonchev–Trinajstić information content (AvgIpc) is 2.66. The normalized spacial score (nSPS) is 9.61. The first-order chi connectivity index (χ1) is 8.61. The molecule has 2 nitrogen and oxygen atoms in total. The van der Waals surface area contributed by atoms with E-state index in [0.29, 0.717) is 0 Å². The Kier molecular flexibility index (Phi) is 4.90. The highest BCUT2D eigenvalue weighted by atomic mass is 16.1. The van der Waals surface area contributed by atoms with Gasteiger partial charge in [0.15, 0.2) is 0 Å². The van der Waals surface area contributed by atoms with Crippen LogP contribution >= 0.6 is 0 Å². The molecule has 0 aliphatic carbocycles. The predicted octanol–water partition coefficient (Wildman–Crippen LogP) is 3.90. The van der Waals surface area contributed by atoms with Crippen molar-refractivity contribution in [3.05, 3.63) is 58.9 Å². The number of carbonyl (C=O) groups excluding carboxylic acids is 1. The molecule has 2 heteroatoms. The minimum atomic E-state index is 0.0914. The first kappa shape index (κ1) is 14.2. The molecule has 0 saturated heterocycles. The van der Waals surface area contributed by atoms with E-state index in [0.717, 1.165) is 22.5 Å². The van der Waals surface area contributed by atoms with Gasteiger partial charge in [0.1, 0.15) is 0 Å². The Hall–Kier alpha value is -1.83. The van der Waals surface area contributed by atoms with Crippen molar-refractivity contribution in [2.75, 3.05) is 0 Å². The lowest BCUT2D eigenvalue weighted by atomic mass is 10.1. The summed E-state index contributed by atoms with van der Waals surface area (Å²) in [5.74, 6) is 0.0914. The molecule has 2 rings (SSSR count).